The minimum Gasteiger partial charge on any atom is -0.479 e. The highest BCUT2D eigenvalue weighted by Crippen LogP contribution is 2.35. The molecule has 0 bridgehead atoms. The fraction of sp³-hybridized carbons (Fsp3) is 0.458. The van der Waals surface area contributed by atoms with E-state index in [0.717, 1.165) is 0 Å². The topological polar surface area (TPSA) is 81.7 Å². The van der Waals surface area contributed by atoms with E-state index in [1.54, 1.807) is 34.3 Å². The Hall–Kier alpha value is -3.38. The first-order valence-electron chi connectivity index (χ1n) is 11.8. The standard InChI is InChI=1S/C24H26F3N7O2/c1-24(27)12-33(15-10-36-11-15)9-19(24)29-23-30-22(35-2)21-16(3-5-34(21)31-23)14-7-17(26)20-18(8-14)32(6-4-25)13-28-20/h3,5,7-8,13,15,19H,4,6,9-12H2,1-2H3,(H,29,31)/t19-,24?/m1/s1. The SMILES string of the molecule is COc1nc(N[C@@H]2CN(C3COC3)CC2(C)F)nn2ccc(-c3cc(F)c4ncn(CCF)c4c3)c12. The number of alkyl halides is 2. The third-order valence-corrected chi connectivity index (χ3v) is 7.08. The second-order valence-electron chi connectivity index (χ2n) is 9.52. The Kier molecular flexibility index (Phi) is 5.52. The molecule has 0 radical (unpaired) electrons. The van der Waals surface area contributed by atoms with Gasteiger partial charge in [0.1, 0.15) is 23.4 Å². The van der Waals surface area contributed by atoms with Crippen molar-refractivity contribution in [2.24, 2.45) is 0 Å². The maximum Gasteiger partial charge on any atom is 0.244 e. The number of aryl methyl sites for hydroxylation is 1. The molecule has 12 heteroatoms. The van der Waals surface area contributed by atoms with Gasteiger partial charge in [0, 0.05) is 24.8 Å². The third-order valence-electron chi connectivity index (χ3n) is 7.08. The average Bonchev–Trinajstić information content (AvgIpc) is 3.48. The minimum absolute atomic E-state index is 0.0806. The van der Waals surface area contributed by atoms with Crippen LogP contribution in [0.3, 0.4) is 0 Å². The van der Waals surface area contributed by atoms with Gasteiger partial charge in [0.25, 0.3) is 0 Å². The molecule has 6 rings (SSSR count). The number of halogens is 3. The maximum atomic E-state index is 15.4. The number of imidazole rings is 1. The lowest BCUT2D eigenvalue weighted by molar-refractivity contribution is -0.0606. The van der Waals surface area contributed by atoms with Gasteiger partial charge in [-0.15, -0.1) is 5.10 Å². The first-order valence-corrected chi connectivity index (χ1v) is 11.8. The number of fused-ring (bicyclic) bond motifs is 2. The number of methoxy groups -OCH3 is 1. The summed E-state index contributed by atoms with van der Waals surface area (Å²) in [5, 5.41) is 7.67. The Bertz CT molecular complexity index is 1430. The summed E-state index contributed by atoms with van der Waals surface area (Å²) in [5.74, 6) is -0.0275. The van der Waals surface area contributed by atoms with Crippen molar-refractivity contribution in [1.82, 2.24) is 29.0 Å². The highest BCUT2D eigenvalue weighted by molar-refractivity contribution is 5.90. The normalized spacial score (nSPS) is 23.0. The van der Waals surface area contributed by atoms with Gasteiger partial charge in [0.15, 0.2) is 5.82 Å². The van der Waals surface area contributed by atoms with E-state index in [2.05, 4.69) is 25.3 Å². The van der Waals surface area contributed by atoms with Crippen LogP contribution in [-0.2, 0) is 11.3 Å². The Morgan fingerprint density at radius 1 is 1.31 bits per heavy atom. The molecule has 2 aliphatic rings. The van der Waals surface area contributed by atoms with Crippen molar-refractivity contribution in [2.45, 2.75) is 31.2 Å². The lowest BCUT2D eigenvalue weighted by atomic mass is 10.0. The number of likely N-dealkylation sites (tertiary alicyclic amines) is 1. The molecule has 4 aromatic rings. The number of rotatable bonds is 7. The summed E-state index contributed by atoms with van der Waals surface area (Å²) in [7, 11) is 1.48. The van der Waals surface area contributed by atoms with Crippen LogP contribution in [0.15, 0.2) is 30.7 Å². The van der Waals surface area contributed by atoms with E-state index in [4.69, 9.17) is 9.47 Å². The van der Waals surface area contributed by atoms with Crippen LogP contribution in [0.5, 0.6) is 5.88 Å². The minimum atomic E-state index is -1.47. The van der Waals surface area contributed by atoms with Gasteiger partial charge >= 0.3 is 0 Å². The van der Waals surface area contributed by atoms with Gasteiger partial charge in [-0.25, -0.2) is 22.7 Å². The van der Waals surface area contributed by atoms with Crippen LogP contribution in [0.2, 0.25) is 0 Å². The predicted octanol–water partition coefficient (Wildman–Crippen LogP) is 3.09. The molecular formula is C24H26F3N7O2. The largest absolute Gasteiger partial charge is 0.479 e. The number of nitrogens with one attached hydrogen (secondary N) is 1. The van der Waals surface area contributed by atoms with E-state index in [1.165, 1.54) is 19.5 Å². The first kappa shape index (κ1) is 23.0. The van der Waals surface area contributed by atoms with Gasteiger partial charge in [-0.3, -0.25) is 4.90 Å². The van der Waals surface area contributed by atoms with Crippen LogP contribution in [0.1, 0.15) is 6.92 Å². The maximum absolute atomic E-state index is 15.4. The molecule has 3 aromatic heterocycles. The summed E-state index contributed by atoms with van der Waals surface area (Å²) in [5.41, 5.74) is 0.916. The van der Waals surface area contributed by atoms with Gasteiger partial charge < -0.3 is 19.4 Å². The number of aromatic nitrogens is 5. The Morgan fingerprint density at radius 2 is 2.14 bits per heavy atom. The Morgan fingerprint density at radius 3 is 2.86 bits per heavy atom. The van der Waals surface area contributed by atoms with Crippen LogP contribution >= 0.6 is 0 Å². The average molecular weight is 502 g/mol. The second kappa shape index (κ2) is 8.63. The molecule has 0 aliphatic carbocycles. The van der Waals surface area contributed by atoms with Crippen molar-refractivity contribution in [3.05, 3.63) is 36.5 Å². The molecule has 9 nitrogen and oxygen atoms in total. The molecule has 1 unspecified atom stereocenters. The van der Waals surface area contributed by atoms with Crippen LogP contribution < -0.4 is 10.1 Å². The molecule has 2 fully saturated rings. The molecule has 2 aliphatic heterocycles. The number of ether oxygens (including phenoxy) is 2. The van der Waals surface area contributed by atoms with Gasteiger partial charge in [-0.1, -0.05) is 0 Å². The van der Waals surface area contributed by atoms with Gasteiger partial charge in [0.2, 0.25) is 11.8 Å². The molecule has 1 N–H and O–H groups in total. The second-order valence-corrected chi connectivity index (χ2v) is 9.52. The van der Waals surface area contributed by atoms with Gasteiger partial charge in [-0.05, 0) is 30.7 Å². The van der Waals surface area contributed by atoms with Crippen molar-refractivity contribution in [2.75, 3.05) is 45.4 Å². The van der Waals surface area contributed by atoms with Crippen molar-refractivity contribution in [3.63, 3.8) is 0 Å². The van der Waals surface area contributed by atoms with E-state index in [9.17, 15) is 8.78 Å². The smallest absolute Gasteiger partial charge is 0.244 e. The molecule has 0 amide bonds. The molecule has 2 atom stereocenters. The summed E-state index contributed by atoms with van der Waals surface area (Å²) >= 11 is 0. The number of hydrogen-bond donors (Lipinski definition) is 1. The summed E-state index contributed by atoms with van der Waals surface area (Å²) in [6, 6.07) is 4.63. The number of nitrogens with zero attached hydrogens (tertiary/aromatic N) is 6. The zero-order chi connectivity index (χ0) is 25.0. The summed E-state index contributed by atoms with van der Waals surface area (Å²) < 4.78 is 57.2. The summed E-state index contributed by atoms with van der Waals surface area (Å²) in [4.78, 5) is 10.7. The molecule has 0 saturated carbocycles. The van der Waals surface area contributed by atoms with Gasteiger partial charge in [-0.2, -0.15) is 4.98 Å². The van der Waals surface area contributed by atoms with Gasteiger partial charge in [0.05, 0.1) is 50.8 Å². The van der Waals surface area contributed by atoms with E-state index in [1.807, 2.05) is 0 Å². The fourth-order valence-electron chi connectivity index (χ4n) is 5.04. The molecule has 5 heterocycles. The van der Waals surface area contributed by atoms with E-state index in [-0.39, 0.29) is 29.9 Å². The molecule has 1 aromatic carbocycles. The van der Waals surface area contributed by atoms with Crippen molar-refractivity contribution < 1.29 is 22.6 Å². The summed E-state index contributed by atoms with van der Waals surface area (Å²) in [6.07, 6.45) is 3.14. The van der Waals surface area contributed by atoms with Crippen LogP contribution in [0.25, 0.3) is 27.7 Å². The zero-order valence-corrected chi connectivity index (χ0v) is 19.9. The zero-order valence-electron chi connectivity index (χ0n) is 19.9. The quantitative estimate of drug-likeness (QED) is 0.417. The van der Waals surface area contributed by atoms with E-state index < -0.39 is 24.2 Å². The lowest BCUT2D eigenvalue weighted by Crippen LogP contribution is -2.48. The van der Waals surface area contributed by atoms with Crippen molar-refractivity contribution in [3.8, 4) is 17.0 Å². The van der Waals surface area contributed by atoms with E-state index in [0.29, 0.717) is 48.5 Å². The van der Waals surface area contributed by atoms with Crippen molar-refractivity contribution in [1.29, 1.82) is 0 Å². The predicted molar refractivity (Wildman–Crippen MR) is 127 cm³/mol. The highest BCUT2D eigenvalue weighted by atomic mass is 19.1. The number of anilines is 1. The van der Waals surface area contributed by atoms with E-state index >= 15 is 4.39 Å². The fourth-order valence-corrected chi connectivity index (χ4v) is 5.04. The first-order chi connectivity index (χ1) is 17.4. The molecule has 190 valence electrons. The molecule has 2 saturated heterocycles. The molecule has 36 heavy (non-hydrogen) atoms. The lowest BCUT2D eigenvalue weighted by Gasteiger charge is -2.34. The molecular weight excluding hydrogens is 475 g/mol. The number of benzene rings is 1. The van der Waals surface area contributed by atoms with Crippen molar-refractivity contribution >= 4 is 22.5 Å². The Balaban J connectivity index is 1.35. The summed E-state index contributed by atoms with van der Waals surface area (Å²) in [6.45, 7) is 3.11. The monoisotopic (exact) mass is 501 g/mol. The third kappa shape index (κ3) is 3.75. The van der Waals surface area contributed by atoms with Crippen LogP contribution in [-0.4, -0.2) is 86.9 Å². The van der Waals surface area contributed by atoms with Crippen LogP contribution in [0, 0.1) is 5.82 Å². The highest BCUT2D eigenvalue weighted by Gasteiger charge is 2.47. The number of hydrogen-bond acceptors (Lipinski definition) is 7. The van der Waals surface area contributed by atoms with Crippen LogP contribution in [0.4, 0.5) is 19.1 Å². The molecule has 0 spiro atoms. The Labute approximate surface area is 204 Å².